The summed E-state index contributed by atoms with van der Waals surface area (Å²) in [7, 11) is 0. The molecule has 0 bridgehead atoms. The molecule has 2 aromatic rings. The highest BCUT2D eigenvalue weighted by molar-refractivity contribution is 6.33. The molecule has 1 aliphatic heterocycles. The van der Waals surface area contributed by atoms with Crippen LogP contribution in [0.1, 0.15) is 23.0 Å². The van der Waals surface area contributed by atoms with E-state index in [1.54, 1.807) is 49.1 Å². The first-order chi connectivity index (χ1) is 14.3. The molecular formula is C20H24ClN5O4. The van der Waals surface area contributed by atoms with Gasteiger partial charge in [-0.2, -0.15) is 0 Å². The first-order valence-electron chi connectivity index (χ1n) is 9.63. The van der Waals surface area contributed by atoms with Gasteiger partial charge in [0.2, 0.25) is 11.8 Å². The minimum Gasteiger partial charge on any atom is -0.360 e. The Labute approximate surface area is 179 Å². The molecule has 3 rings (SSSR count). The van der Waals surface area contributed by atoms with Crippen LogP contribution in [0.25, 0.3) is 0 Å². The summed E-state index contributed by atoms with van der Waals surface area (Å²) in [5.74, 6) is 0.253. The Bertz CT molecular complexity index is 923. The molecule has 0 radical (unpaired) electrons. The quantitative estimate of drug-likeness (QED) is 0.715. The van der Waals surface area contributed by atoms with Gasteiger partial charge in [0, 0.05) is 32.2 Å². The van der Waals surface area contributed by atoms with Gasteiger partial charge in [-0.1, -0.05) is 28.9 Å². The van der Waals surface area contributed by atoms with E-state index in [0.717, 1.165) is 0 Å². The summed E-state index contributed by atoms with van der Waals surface area (Å²) in [5.41, 5.74) is 0.331. The maximum Gasteiger partial charge on any atom is 0.253 e. The van der Waals surface area contributed by atoms with Gasteiger partial charge >= 0.3 is 0 Å². The van der Waals surface area contributed by atoms with Crippen molar-refractivity contribution in [3.05, 3.63) is 46.7 Å². The molecule has 1 aliphatic rings. The van der Waals surface area contributed by atoms with Crippen LogP contribution in [-0.4, -0.2) is 71.4 Å². The normalized spacial score (nSPS) is 15.5. The fraction of sp³-hybridized carbons (Fsp3) is 0.400. The van der Waals surface area contributed by atoms with Gasteiger partial charge in [0.05, 0.1) is 17.1 Å². The molecule has 30 heavy (non-hydrogen) atoms. The lowest BCUT2D eigenvalue weighted by Crippen LogP contribution is -2.55. The highest BCUT2D eigenvalue weighted by atomic mass is 35.5. The maximum atomic E-state index is 12.7. The summed E-state index contributed by atoms with van der Waals surface area (Å²) >= 11 is 6.04. The molecule has 0 saturated carbocycles. The average Bonchev–Trinajstić information content (AvgIpc) is 3.12. The van der Waals surface area contributed by atoms with Crippen molar-refractivity contribution in [2.24, 2.45) is 0 Å². The van der Waals surface area contributed by atoms with Gasteiger partial charge < -0.3 is 20.1 Å². The van der Waals surface area contributed by atoms with Gasteiger partial charge in [0.15, 0.2) is 5.82 Å². The fourth-order valence-electron chi connectivity index (χ4n) is 3.19. The lowest BCUT2D eigenvalue weighted by Gasteiger charge is -2.35. The van der Waals surface area contributed by atoms with Crippen LogP contribution in [0, 0.1) is 6.92 Å². The summed E-state index contributed by atoms with van der Waals surface area (Å²) in [6.45, 7) is 5.66. The van der Waals surface area contributed by atoms with Crippen LogP contribution in [0.5, 0.6) is 0 Å². The zero-order valence-corrected chi connectivity index (χ0v) is 17.6. The van der Waals surface area contributed by atoms with Gasteiger partial charge in [0.1, 0.15) is 11.8 Å². The predicted molar refractivity (Wildman–Crippen MR) is 111 cm³/mol. The van der Waals surface area contributed by atoms with E-state index in [1.165, 1.54) is 0 Å². The second-order valence-electron chi connectivity index (χ2n) is 7.15. The Balaban J connectivity index is 1.44. The van der Waals surface area contributed by atoms with Crippen molar-refractivity contribution in [1.82, 2.24) is 20.3 Å². The van der Waals surface area contributed by atoms with E-state index < -0.39 is 6.04 Å². The van der Waals surface area contributed by atoms with E-state index in [1.807, 2.05) is 4.90 Å². The van der Waals surface area contributed by atoms with Crippen molar-refractivity contribution < 1.29 is 18.9 Å². The van der Waals surface area contributed by atoms with Gasteiger partial charge in [-0.3, -0.25) is 19.3 Å². The standard InChI is InChI=1S/C20H24ClN5O4/c1-13-11-17(24-30-13)23-18(27)12-25-7-9-26(10-8-25)20(29)14(2)22-19(28)15-5-3-4-6-16(15)21/h3-6,11,14H,7-10,12H2,1-2H3,(H,22,28)(H,23,24,27)/t14-/m0/s1. The summed E-state index contributed by atoms with van der Waals surface area (Å²) in [4.78, 5) is 40.8. The zero-order chi connectivity index (χ0) is 21.7. The van der Waals surface area contributed by atoms with Crippen LogP contribution in [0.2, 0.25) is 5.02 Å². The van der Waals surface area contributed by atoms with E-state index in [4.69, 9.17) is 16.1 Å². The van der Waals surface area contributed by atoms with Gasteiger partial charge in [-0.15, -0.1) is 0 Å². The highest BCUT2D eigenvalue weighted by Crippen LogP contribution is 2.15. The number of nitrogens with zero attached hydrogens (tertiary/aromatic N) is 3. The first-order valence-corrected chi connectivity index (χ1v) is 10.0. The molecule has 1 atom stereocenters. The third kappa shape index (κ3) is 5.58. The molecule has 1 fully saturated rings. The van der Waals surface area contributed by atoms with Crippen molar-refractivity contribution in [3.63, 3.8) is 0 Å². The number of hydrogen-bond acceptors (Lipinski definition) is 6. The van der Waals surface area contributed by atoms with Crippen LogP contribution in [-0.2, 0) is 9.59 Å². The van der Waals surface area contributed by atoms with Crippen LogP contribution in [0.3, 0.4) is 0 Å². The lowest BCUT2D eigenvalue weighted by atomic mass is 10.2. The average molecular weight is 434 g/mol. The van der Waals surface area contributed by atoms with Gasteiger partial charge in [-0.25, -0.2) is 0 Å². The largest absolute Gasteiger partial charge is 0.360 e. The highest BCUT2D eigenvalue weighted by Gasteiger charge is 2.27. The Morgan fingerprint density at radius 2 is 1.90 bits per heavy atom. The van der Waals surface area contributed by atoms with Crippen LogP contribution < -0.4 is 10.6 Å². The molecule has 2 heterocycles. The number of nitrogens with one attached hydrogen (secondary N) is 2. The van der Waals surface area contributed by atoms with Crippen molar-refractivity contribution in [2.45, 2.75) is 19.9 Å². The van der Waals surface area contributed by atoms with Gasteiger partial charge in [0.25, 0.3) is 5.91 Å². The number of hydrogen-bond donors (Lipinski definition) is 2. The Morgan fingerprint density at radius 1 is 1.20 bits per heavy atom. The third-order valence-corrected chi connectivity index (χ3v) is 5.11. The number of carbonyl (C=O) groups excluding carboxylic acids is 3. The van der Waals surface area contributed by atoms with E-state index in [-0.39, 0.29) is 24.3 Å². The number of rotatable bonds is 6. The van der Waals surface area contributed by atoms with E-state index >= 15 is 0 Å². The number of anilines is 1. The number of aryl methyl sites for hydroxylation is 1. The van der Waals surface area contributed by atoms with E-state index in [2.05, 4.69) is 15.8 Å². The maximum absolute atomic E-state index is 12.7. The second-order valence-corrected chi connectivity index (χ2v) is 7.55. The van der Waals surface area contributed by atoms with Crippen LogP contribution in [0.15, 0.2) is 34.9 Å². The number of carbonyl (C=O) groups is 3. The van der Waals surface area contributed by atoms with Crippen molar-refractivity contribution in [1.29, 1.82) is 0 Å². The molecule has 3 amide bonds. The Hall–Kier alpha value is -2.91. The second kappa shape index (κ2) is 9.73. The monoisotopic (exact) mass is 433 g/mol. The molecule has 2 N–H and O–H groups in total. The first kappa shape index (κ1) is 21.8. The van der Waals surface area contributed by atoms with Crippen LogP contribution in [0.4, 0.5) is 5.82 Å². The summed E-state index contributed by atoms with van der Waals surface area (Å²) in [5, 5.41) is 9.45. The summed E-state index contributed by atoms with van der Waals surface area (Å²) in [6, 6.07) is 7.65. The number of amides is 3. The molecule has 1 aromatic carbocycles. The Kier molecular flexibility index (Phi) is 7.07. The molecule has 10 heteroatoms. The molecule has 160 valence electrons. The zero-order valence-electron chi connectivity index (χ0n) is 16.9. The smallest absolute Gasteiger partial charge is 0.253 e. The summed E-state index contributed by atoms with van der Waals surface area (Å²) in [6.07, 6.45) is 0. The SMILES string of the molecule is Cc1cc(NC(=O)CN2CCN(C(=O)[C@H](C)NC(=O)c3ccccc3Cl)CC2)no1. The number of halogens is 1. The third-order valence-electron chi connectivity index (χ3n) is 4.78. The van der Waals surface area contributed by atoms with Crippen molar-refractivity contribution in [3.8, 4) is 0 Å². The number of piperazine rings is 1. The topological polar surface area (TPSA) is 108 Å². The molecular weight excluding hydrogens is 410 g/mol. The van der Waals surface area contributed by atoms with E-state index in [9.17, 15) is 14.4 Å². The van der Waals surface area contributed by atoms with Gasteiger partial charge in [-0.05, 0) is 26.0 Å². The van der Waals surface area contributed by atoms with Crippen molar-refractivity contribution >= 4 is 35.1 Å². The predicted octanol–water partition coefficient (Wildman–Crippen LogP) is 1.54. The number of benzene rings is 1. The minimum absolute atomic E-state index is 0.169. The molecule has 9 nitrogen and oxygen atoms in total. The molecule has 0 spiro atoms. The Morgan fingerprint density at radius 3 is 2.53 bits per heavy atom. The molecule has 1 aromatic heterocycles. The lowest BCUT2D eigenvalue weighted by molar-refractivity contribution is -0.134. The van der Waals surface area contributed by atoms with Crippen molar-refractivity contribution in [2.75, 3.05) is 38.0 Å². The number of aromatic nitrogens is 1. The van der Waals surface area contributed by atoms with E-state index in [0.29, 0.717) is 48.3 Å². The molecule has 0 unspecified atom stereocenters. The molecule has 0 aliphatic carbocycles. The minimum atomic E-state index is -0.681. The summed E-state index contributed by atoms with van der Waals surface area (Å²) < 4.78 is 4.92. The fourth-order valence-corrected chi connectivity index (χ4v) is 3.41. The van der Waals surface area contributed by atoms with Crippen LogP contribution >= 0.6 is 11.6 Å². The molecule has 1 saturated heterocycles.